The fourth-order valence-electron chi connectivity index (χ4n) is 12.3. The van der Waals surface area contributed by atoms with Crippen LogP contribution in [0.25, 0.3) is 0 Å². The number of rotatable bonds is 78. The highest BCUT2D eigenvalue weighted by molar-refractivity contribution is 7.47. The highest BCUT2D eigenvalue weighted by Crippen LogP contribution is 2.45. The van der Waals surface area contributed by atoms with Crippen molar-refractivity contribution in [1.29, 1.82) is 0 Å². The van der Waals surface area contributed by atoms with E-state index >= 15 is 0 Å². The molecule has 0 aliphatic carbocycles. The van der Waals surface area contributed by atoms with Gasteiger partial charge < -0.3 is 33.8 Å². The Bertz CT molecular complexity index is 1920. The van der Waals surface area contributed by atoms with E-state index in [1.807, 2.05) is 0 Å². The molecule has 0 radical (unpaired) electrons. The Morgan fingerprint density at radius 2 is 0.465 bits per heavy atom. The first-order chi connectivity index (χ1) is 47.7. The largest absolute Gasteiger partial charge is 0.472 e. The summed E-state index contributed by atoms with van der Waals surface area (Å²) in [4.78, 5) is 72.9. The second-order valence-corrected chi connectivity index (χ2v) is 33.1. The highest BCUT2D eigenvalue weighted by atomic mass is 31.2. The first kappa shape index (κ1) is 97.1. The maximum Gasteiger partial charge on any atom is 0.472 e. The number of aliphatic hydroxyl groups excluding tert-OH is 1. The Morgan fingerprint density at radius 3 is 0.687 bits per heavy atom. The molecule has 0 aliphatic rings. The number of carbonyl (C=O) groups excluding carboxylic acids is 4. The summed E-state index contributed by atoms with van der Waals surface area (Å²) in [6.45, 7) is 11.9. The van der Waals surface area contributed by atoms with Gasteiger partial charge in [-0.2, -0.15) is 0 Å². The molecule has 2 unspecified atom stereocenters. The number of aliphatic hydroxyl groups is 1. The molecule has 17 nitrogen and oxygen atoms in total. The number of hydrogen-bond acceptors (Lipinski definition) is 15. The zero-order valence-electron chi connectivity index (χ0n) is 65.0. The molecule has 0 aromatic carbocycles. The summed E-state index contributed by atoms with van der Waals surface area (Å²) in [5.74, 6) is 0.185. The SMILES string of the molecule is CCCCCCCCCCCCCCC(=O)O[C@H](COC(=O)CCCCCCCCC(C)C)COP(=O)(O)OC[C@H](O)COP(=O)(O)OC[C@@H](COC(=O)CCCCCCCCCCCCCCCCC(C)C)OC(=O)CCCCCCCCCCCCCCCCCCCCC(C)C. The van der Waals surface area contributed by atoms with E-state index in [4.69, 9.17) is 37.0 Å². The molecule has 0 aromatic rings. The Balaban J connectivity index is 5.20. The standard InChI is InChI=1S/C80H156O17P2/c1-8-9-10-11-12-13-14-29-35-40-49-56-63-79(84)97-76(68-91-78(83)62-55-48-43-42-46-53-60-73(6)7)70-95-99(88,89)93-66-74(81)65-92-98(86,87)94-69-75(67-90-77(82)61-54-47-39-34-30-25-22-21-24-28-33-38-45-52-59-72(4)5)96-80(85)64-57-50-41-36-31-26-20-18-16-15-17-19-23-27-32-37-44-51-58-71(2)3/h71-76,81H,8-70H2,1-7H3,(H,86,87)(H,88,89)/t74-,75-,76-/m1/s1. The molecule has 0 fully saturated rings. The van der Waals surface area contributed by atoms with Gasteiger partial charge >= 0.3 is 39.5 Å². The molecule has 5 atom stereocenters. The van der Waals surface area contributed by atoms with Crippen LogP contribution in [-0.2, 0) is 65.4 Å². The van der Waals surface area contributed by atoms with Gasteiger partial charge in [-0.15, -0.1) is 0 Å². The molecule has 0 saturated heterocycles. The molecule has 0 aliphatic heterocycles. The quantitative estimate of drug-likeness (QED) is 0.0222. The molecular formula is C80H156O17P2. The van der Waals surface area contributed by atoms with Crippen LogP contribution >= 0.6 is 15.6 Å². The van der Waals surface area contributed by atoms with Gasteiger partial charge in [0.05, 0.1) is 26.4 Å². The van der Waals surface area contributed by atoms with Crippen LogP contribution in [0.4, 0.5) is 0 Å². The monoisotopic (exact) mass is 1450 g/mol. The van der Waals surface area contributed by atoms with Crippen LogP contribution in [0.2, 0.25) is 0 Å². The van der Waals surface area contributed by atoms with Crippen LogP contribution < -0.4 is 0 Å². The van der Waals surface area contributed by atoms with E-state index in [0.29, 0.717) is 31.6 Å². The average molecular weight is 1450 g/mol. The summed E-state index contributed by atoms with van der Waals surface area (Å²) >= 11 is 0. The summed E-state index contributed by atoms with van der Waals surface area (Å²) < 4.78 is 68.6. The average Bonchev–Trinajstić information content (AvgIpc) is 0.953. The van der Waals surface area contributed by atoms with Gasteiger partial charge in [-0.05, 0) is 43.4 Å². The minimum atomic E-state index is -4.96. The van der Waals surface area contributed by atoms with Crippen molar-refractivity contribution in [3.05, 3.63) is 0 Å². The van der Waals surface area contributed by atoms with Gasteiger partial charge in [-0.1, -0.05) is 363 Å². The van der Waals surface area contributed by atoms with Gasteiger partial charge in [-0.25, -0.2) is 9.13 Å². The summed E-state index contributed by atoms with van der Waals surface area (Å²) in [6.07, 6.45) is 58.5. The van der Waals surface area contributed by atoms with Crippen LogP contribution in [0.1, 0.15) is 414 Å². The molecule has 0 heterocycles. The number of esters is 4. The molecule has 99 heavy (non-hydrogen) atoms. The Kier molecular flexibility index (Phi) is 69.0. The van der Waals surface area contributed by atoms with Gasteiger partial charge in [-0.3, -0.25) is 37.3 Å². The molecule has 3 N–H and O–H groups in total. The van der Waals surface area contributed by atoms with E-state index in [1.54, 1.807) is 0 Å². The van der Waals surface area contributed by atoms with Crippen molar-refractivity contribution < 1.29 is 80.2 Å². The fourth-order valence-corrected chi connectivity index (χ4v) is 13.9. The topological polar surface area (TPSA) is 237 Å². The Hall–Kier alpha value is -1.94. The van der Waals surface area contributed by atoms with E-state index in [2.05, 4.69) is 48.5 Å². The zero-order valence-corrected chi connectivity index (χ0v) is 66.8. The van der Waals surface area contributed by atoms with Gasteiger partial charge in [0, 0.05) is 25.7 Å². The number of phosphoric acid groups is 2. The predicted octanol–water partition coefficient (Wildman–Crippen LogP) is 23.7. The van der Waals surface area contributed by atoms with E-state index in [0.717, 1.165) is 108 Å². The van der Waals surface area contributed by atoms with Gasteiger partial charge in [0.25, 0.3) is 0 Å². The summed E-state index contributed by atoms with van der Waals surface area (Å²) in [7, 11) is -9.92. The minimum Gasteiger partial charge on any atom is -0.462 e. The number of unbranched alkanes of at least 4 members (excludes halogenated alkanes) is 46. The molecule has 0 aromatic heterocycles. The van der Waals surface area contributed by atoms with Crippen molar-refractivity contribution >= 4 is 39.5 Å². The van der Waals surface area contributed by atoms with Crippen molar-refractivity contribution in [1.82, 2.24) is 0 Å². The summed E-state index contributed by atoms with van der Waals surface area (Å²) in [5.41, 5.74) is 0. The smallest absolute Gasteiger partial charge is 0.462 e. The van der Waals surface area contributed by atoms with Crippen molar-refractivity contribution in [2.75, 3.05) is 39.6 Å². The summed E-state index contributed by atoms with van der Waals surface area (Å²) in [5, 5.41) is 10.6. The molecule has 0 saturated carbocycles. The van der Waals surface area contributed by atoms with Crippen LogP contribution in [0.15, 0.2) is 0 Å². The molecule has 588 valence electrons. The highest BCUT2D eigenvalue weighted by Gasteiger charge is 2.30. The molecule has 0 amide bonds. The fraction of sp³-hybridized carbons (Fsp3) is 0.950. The maximum atomic E-state index is 13.1. The molecule has 0 rings (SSSR count). The van der Waals surface area contributed by atoms with Crippen molar-refractivity contribution in [3.8, 4) is 0 Å². The lowest BCUT2D eigenvalue weighted by Gasteiger charge is -2.21. The second-order valence-electron chi connectivity index (χ2n) is 30.2. The van der Waals surface area contributed by atoms with E-state index in [9.17, 15) is 43.2 Å². The Morgan fingerprint density at radius 1 is 0.273 bits per heavy atom. The third-order valence-corrected chi connectivity index (χ3v) is 20.5. The van der Waals surface area contributed by atoms with Crippen LogP contribution in [0.3, 0.4) is 0 Å². The summed E-state index contributed by atoms with van der Waals surface area (Å²) in [6, 6.07) is 0. The third kappa shape index (κ3) is 74.1. The van der Waals surface area contributed by atoms with Crippen LogP contribution in [-0.4, -0.2) is 96.7 Å². The van der Waals surface area contributed by atoms with Crippen molar-refractivity contribution in [3.63, 3.8) is 0 Å². The van der Waals surface area contributed by atoms with Gasteiger partial charge in [0.2, 0.25) is 0 Å². The Labute approximate surface area is 607 Å². The van der Waals surface area contributed by atoms with E-state index in [-0.39, 0.29) is 25.7 Å². The number of ether oxygens (including phenoxy) is 4. The molecule has 19 heteroatoms. The van der Waals surface area contributed by atoms with E-state index < -0.39 is 97.5 Å². The normalized spacial score (nSPS) is 14.0. The van der Waals surface area contributed by atoms with Crippen LogP contribution in [0.5, 0.6) is 0 Å². The molecular weight excluding hydrogens is 1290 g/mol. The zero-order chi connectivity index (χ0) is 73.0. The number of hydrogen-bond donors (Lipinski definition) is 3. The third-order valence-electron chi connectivity index (χ3n) is 18.6. The first-order valence-electron chi connectivity index (χ1n) is 41.3. The first-order valence-corrected chi connectivity index (χ1v) is 44.3. The van der Waals surface area contributed by atoms with Crippen molar-refractivity contribution in [2.24, 2.45) is 17.8 Å². The lowest BCUT2D eigenvalue weighted by atomic mass is 10.0. The maximum absolute atomic E-state index is 13.1. The lowest BCUT2D eigenvalue weighted by molar-refractivity contribution is -0.161. The predicted molar refractivity (Wildman–Crippen MR) is 405 cm³/mol. The van der Waals surface area contributed by atoms with Gasteiger partial charge in [0.15, 0.2) is 12.2 Å². The van der Waals surface area contributed by atoms with Gasteiger partial charge in [0.1, 0.15) is 19.3 Å². The van der Waals surface area contributed by atoms with Crippen molar-refractivity contribution in [2.45, 2.75) is 433 Å². The number of carbonyl (C=O) groups is 4. The lowest BCUT2D eigenvalue weighted by Crippen LogP contribution is -2.30. The second kappa shape index (κ2) is 70.4. The van der Waals surface area contributed by atoms with Crippen LogP contribution in [0, 0.1) is 17.8 Å². The number of phosphoric ester groups is 2. The minimum absolute atomic E-state index is 0.106. The molecule has 0 bridgehead atoms. The molecule has 0 spiro atoms. The van der Waals surface area contributed by atoms with E-state index in [1.165, 1.54) is 218 Å².